The van der Waals surface area contributed by atoms with Gasteiger partial charge in [0.1, 0.15) is 0 Å². The van der Waals surface area contributed by atoms with Crippen molar-refractivity contribution in [1.82, 2.24) is 20.1 Å². The van der Waals surface area contributed by atoms with Crippen LogP contribution in [0.5, 0.6) is 0 Å². The Balaban J connectivity index is 1.94. The van der Waals surface area contributed by atoms with Crippen LogP contribution in [0.15, 0.2) is 36.5 Å². The Morgan fingerprint density at radius 2 is 2.13 bits per heavy atom. The minimum absolute atomic E-state index is 0.101. The van der Waals surface area contributed by atoms with Gasteiger partial charge in [0.2, 0.25) is 0 Å². The Bertz CT molecular complexity index is 668. The summed E-state index contributed by atoms with van der Waals surface area (Å²) in [6, 6.07) is 10.8. The summed E-state index contributed by atoms with van der Waals surface area (Å²) in [5.41, 5.74) is 1.04. The van der Waals surface area contributed by atoms with Gasteiger partial charge in [-0.1, -0.05) is 6.07 Å². The van der Waals surface area contributed by atoms with Gasteiger partial charge < -0.3 is 15.1 Å². The van der Waals surface area contributed by atoms with Gasteiger partial charge in [0.25, 0.3) is 0 Å². The molecule has 0 spiro atoms. The molecule has 0 radical (unpaired) electrons. The average Bonchev–Trinajstić information content (AvgIpc) is 3.09. The first-order chi connectivity index (χ1) is 11.1. The lowest BCUT2D eigenvalue weighted by Gasteiger charge is -2.27. The number of aromatic nitrogens is 1. The highest BCUT2D eigenvalue weighted by molar-refractivity contribution is 7.80. The molecule has 2 unspecified atom stereocenters. The van der Waals surface area contributed by atoms with Gasteiger partial charge in [-0.2, -0.15) is 0 Å². The quantitative estimate of drug-likeness (QED) is 0.841. The van der Waals surface area contributed by atoms with E-state index < -0.39 is 0 Å². The predicted molar refractivity (Wildman–Crippen MR) is 99.8 cm³/mol. The lowest BCUT2D eigenvalue weighted by atomic mass is 10.0. The fourth-order valence-electron chi connectivity index (χ4n) is 2.88. The van der Waals surface area contributed by atoms with E-state index in [1.165, 1.54) is 9.75 Å². The van der Waals surface area contributed by atoms with Crippen LogP contribution in [0.2, 0.25) is 0 Å². The highest BCUT2D eigenvalue weighted by atomic mass is 32.1. The van der Waals surface area contributed by atoms with Crippen molar-refractivity contribution in [3.63, 3.8) is 0 Å². The molecule has 1 aliphatic heterocycles. The third-order valence-electron chi connectivity index (χ3n) is 4.04. The fourth-order valence-corrected chi connectivity index (χ4v) is 4.24. The maximum absolute atomic E-state index is 5.63. The number of nitrogens with one attached hydrogen (secondary N) is 1. The van der Waals surface area contributed by atoms with Gasteiger partial charge in [0.05, 0.1) is 17.8 Å². The molecular formula is C17H22N4S2. The van der Waals surface area contributed by atoms with Crippen molar-refractivity contribution in [3.05, 3.63) is 52.0 Å². The average molecular weight is 347 g/mol. The van der Waals surface area contributed by atoms with Gasteiger partial charge in [0.15, 0.2) is 5.11 Å². The molecule has 4 nitrogen and oxygen atoms in total. The van der Waals surface area contributed by atoms with Gasteiger partial charge in [-0.15, -0.1) is 11.3 Å². The highest BCUT2D eigenvalue weighted by Crippen LogP contribution is 2.40. The van der Waals surface area contributed by atoms with E-state index in [4.69, 9.17) is 12.2 Å². The van der Waals surface area contributed by atoms with Gasteiger partial charge in [-0.05, 0) is 57.5 Å². The number of likely N-dealkylation sites (N-methyl/N-ethyl adjacent to an activating group) is 1. The Labute approximate surface area is 147 Å². The Hall–Kier alpha value is -1.50. The van der Waals surface area contributed by atoms with E-state index in [0.29, 0.717) is 0 Å². The van der Waals surface area contributed by atoms with E-state index in [1.807, 2.05) is 29.7 Å². The molecule has 6 heteroatoms. The van der Waals surface area contributed by atoms with Gasteiger partial charge in [0, 0.05) is 29.0 Å². The summed E-state index contributed by atoms with van der Waals surface area (Å²) in [7, 11) is 4.18. The van der Waals surface area contributed by atoms with Gasteiger partial charge in [-0.25, -0.2) is 0 Å². The number of thiophene rings is 1. The normalized spacial score (nSPS) is 21.0. The molecule has 23 heavy (non-hydrogen) atoms. The number of thiocarbonyl (C=S) groups is 1. The number of aryl methyl sites for hydroxylation is 1. The van der Waals surface area contributed by atoms with E-state index >= 15 is 0 Å². The number of nitrogens with zero attached hydrogens (tertiary/aromatic N) is 3. The third-order valence-corrected chi connectivity index (χ3v) is 5.46. The topological polar surface area (TPSA) is 31.4 Å². The summed E-state index contributed by atoms with van der Waals surface area (Å²) < 4.78 is 0. The predicted octanol–water partition coefficient (Wildman–Crippen LogP) is 2.99. The number of hydrogen-bond acceptors (Lipinski definition) is 4. The monoisotopic (exact) mass is 346 g/mol. The van der Waals surface area contributed by atoms with Crippen molar-refractivity contribution in [2.24, 2.45) is 0 Å². The van der Waals surface area contributed by atoms with Crippen molar-refractivity contribution >= 4 is 28.7 Å². The van der Waals surface area contributed by atoms with Crippen LogP contribution >= 0.6 is 23.6 Å². The largest absolute Gasteiger partial charge is 0.352 e. The van der Waals surface area contributed by atoms with E-state index in [9.17, 15) is 0 Å². The SMILES string of the molecule is Cc1ccc(C2C(c3ccccn3)NC(=S)N2CCN(C)C)s1. The van der Waals surface area contributed by atoms with Crippen LogP contribution in [-0.4, -0.2) is 47.1 Å². The minimum atomic E-state index is 0.101. The van der Waals surface area contributed by atoms with Crippen molar-refractivity contribution in [3.8, 4) is 0 Å². The zero-order valence-corrected chi connectivity index (χ0v) is 15.3. The maximum Gasteiger partial charge on any atom is 0.170 e. The Kier molecular flexibility index (Phi) is 4.94. The molecule has 2 aromatic rings. The van der Waals surface area contributed by atoms with Crippen LogP contribution in [0, 0.1) is 6.92 Å². The third kappa shape index (κ3) is 3.54. The fraction of sp³-hybridized carbons (Fsp3) is 0.412. The first kappa shape index (κ1) is 16.4. The zero-order chi connectivity index (χ0) is 16.4. The second-order valence-corrected chi connectivity index (χ2v) is 7.78. The Morgan fingerprint density at radius 3 is 2.74 bits per heavy atom. The number of pyridine rings is 1. The summed E-state index contributed by atoms with van der Waals surface area (Å²) >= 11 is 7.47. The molecule has 2 aromatic heterocycles. The van der Waals surface area contributed by atoms with Crippen LogP contribution < -0.4 is 5.32 Å². The molecule has 1 fully saturated rings. The standard InChI is InChI=1S/C17H22N4S2/c1-12-7-8-14(23-12)16-15(13-6-4-5-9-18-13)19-17(22)21(16)11-10-20(2)3/h4-9,15-16H,10-11H2,1-3H3,(H,19,22). The lowest BCUT2D eigenvalue weighted by Crippen LogP contribution is -2.35. The molecule has 0 saturated carbocycles. The molecule has 2 atom stereocenters. The molecule has 0 amide bonds. The molecule has 1 saturated heterocycles. The van der Waals surface area contributed by atoms with E-state index in [2.05, 4.69) is 59.3 Å². The minimum Gasteiger partial charge on any atom is -0.352 e. The summed E-state index contributed by atoms with van der Waals surface area (Å²) in [4.78, 5) is 11.7. The zero-order valence-electron chi connectivity index (χ0n) is 13.7. The summed E-state index contributed by atoms with van der Waals surface area (Å²) in [6.45, 7) is 4.02. The molecule has 1 N–H and O–H groups in total. The van der Waals surface area contributed by atoms with Crippen molar-refractivity contribution in [1.29, 1.82) is 0 Å². The summed E-state index contributed by atoms with van der Waals surface area (Å²) in [6.07, 6.45) is 1.85. The molecule has 0 bridgehead atoms. The first-order valence-corrected chi connectivity index (χ1v) is 8.98. The maximum atomic E-state index is 5.63. The van der Waals surface area contributed by atoms with Crippen LogP contribution in [-0.2, 0) is 0 Å². The van der Waals surface area contributed by atoms with Crippen molar-refractivity contribution in [2.45, 2.75) is 19.0 Å². The van der Waals surface area contributed by atoms with E-state index in [0.717, 1.165) is 23.9 Å². The van der Waals surface area contributed by atoms with Crippen LogP contribution in [0.4, 0.5) is 0 Å². The van der Waals surface area contributed by atoms with E-state index in [1.54, 1.807) is 0 Å². The molecular weight excluding hydrogens is 324 g/mol. The van der Waals surface area contributed by atoms with Gasteiger partial charge >= 0.3 is 0 Å². The summed E-state index contributed by atoms with van der Waals surface area (Å²) in [5, 5.41) is 4.30. The molecule has 3 rings (SSSR count). The first-order valence-electron chi connectivity index (χ1n) is 7.75. The number of hydrogen-bond donors (Lipinski definition) is 1. The Morgan fingerprint density at radius 1 is 1.30 bits per heavy atom. The van der Waals surface area contributed by atoms with Crippen LogP contribution in [0.25, 0.3) is 0 Å². The number of rotatable bonds is 5. The highest BCUT2D eigenvalue weighted by Gasteiger charge is 2.40. The second-order valence-electron chi connectivity index (χ2n) is 6.07. The van der Waals surface area contributed by atoms with Crippen LogP contribution in [0.3, 0.4) is 0 Å². The molecule has 3 heterocycles. The lowest BCUT2D eigenvalue weighted by molar-refractivity contribution is 0.280. The molecule has 0 aromatic carbocycles. The van der Waals surface area contributed by atoms with Crippen molar-refractivity contribution in [2.75, 3.05) is 27.2 Å². The second kappa shape index (κ2) is 6.95. The van der Waals surface area contributed by atoms with Crippen molar-refractivity contribution < 1.29 is 0 Å². The molecule has 1 aliphatic rings. The van der Waals surface area contributed by atoms with E-state index in [-0.39, 0.29) is 12.1 Å². The van der Waals surface area contributed by atoms with Crippen LogP contribution in [0.1, 0.15) is 27.5 Å². The summed E-state index contributed by atoms with van der Waals surface area (Å²) in [5.74, 6) is 0. The molecule has 0 aliphatic carbocycles. The van der Waals surface area contributed by atoms with Gasteiger partial charge in [-0.3, -0.25) is 4.98 Å². The molecule has 122 valence electrons. The smallest absolute Gasteiger partial charge is 0.170 e.